The van der Waals surface area contributed by atoms with Crippen LogP contribution in [-0.4, -0.2) is 50.9 Å². The largest absolute Gasteiger partial charge is 0.496 e. The van der Waals surface area contributed by atoms with Crippen LogP contribution < -0.4 is 19.5 Å². The average Bonchev–Trinajstić information content (AvgIpc) is 2.64. The zero-order valence-corrected chi connectivity index (χ0v) is 14.8. The molecule has 1 fully saturated rings. The molecule has 0 aliphatic carbocycles. The number of amides is 2. The summed E-state index contributed by atoms with van der Waals surface area (Å²) < 4.78 is 16.1. The summed E-state index contributed by atoms with van der Waals surface area (Å²) in [5, 5.41) is 2.94. The molecule has 6 nitrogen and oxygen atoms in total. The molecule has 1 aliphatic heterocycles. The molecule has 0 saturated carbocycles. The van der Waals surface area contributed by atoms with Crippen molar-refractivity contribution < 1.29 is 19.0 Å². The summed E-state index contributed by atoms with van der Waals surface area (Å²) >= 11 is 0. The predicted molar refractivity (Wildman–Crippen MR) is 93.1 cm³/mol. The summed E-state index contributed by atoms with van der Waals surface area (Å²) in [4.78, 5) is 14.3. The summed E-state index contributed by atoms with van der Waals surface area (Å²) in [5.74, 6) is 2.00. The van der Waals surface area contributed by atoms with Crippen molar-refractivity contribution >= 4 is 6.03 Å². The Balaban J connectivity index is 1.79. The van der Waals surface area contributed by atoms with E-state index in [2.05, 4.69) is 12.2 Å². The van der Waals surface area contributed by atoms with Gasteiger partial charge in [0, 0.05) is 30.8 Å². The Morgan fingerprint density at radius 1 is 1.17 bits per heavy atom. The molecule has 134 valence electrons. The number of ether oxygens (including phenoxy) is 3. The number of carbonyl (C=O) groups is 1. The molecular weight excluding hydrogens is 308 g/mol. The summed E-state index contributed by atoms with van der Waals surface area (Å²) in [6.45, 7) is 3.84. The van der Waals surface area contributed by atoms with Crippen LogP contribution in [0.5, 0.6) is 17.2 Å². The summed E-state index contributed by atoms with van der Waals surface area (Å²) in [7, 11) is 3.20. The van der Waals surface area contributed by atoms with Gasteiger partial charge in [0.25, 0.3) is 0 Å². The fourth-order valence-corrected chi connectivity index (χ4v) is 2.99. The smallest absolute Gasteiger partial charge is 0.317 e. The number of methoxy groups -OCH3 is 2. The molecule has 1 unspecified atom stereocenters. The van der Waals surface area contributed by atoms with Crippen LogP contribution in [0, 0.1) is 0 Å². The SMILES string of the molecule is CCC1CCCCN1C(=O)NCCOc1cc(OC)cc(OC)c1. The Kier molecular flexibility index (Phi) is 7.03. The van der Waals surface area contributed by atoms with E-state index in [-0.39, 0.29) is 6.03 Å². The molecule has 2 rings (SSSR count). The first-order chi connectivity index (χ1) is 11.7. The first kappa shape index (κ1) is 18.2. The lowest BCUT2D eigenvalue weighted by atomic mass is 10.0. The maximum atomic E-state index is 12.3. The van der Waals surface area contributed by atoms with E-state index in [0.717, 1.165) is 25.8 Å². The molecule has 2 amide bonds. The second-order valence-corrected chi connectivity index (χ2v) is 5.88. The predicted octanol–water partition coefficient (Wildman–Crippen LogP) is 3.06. The normalized spacial score (nSPS) is 17.3. The Bertz CT molecular complexity index is 514. The van der Waals surface area contributed by atoms with Crippen LogP contribution in [0.2, 0.25) is 0 Å². The van der Waals surface area contributed by atoms with Gasteiger partial charge in [0.1, 0.15) is 23.9 Å². The van der Waals surface area contributed by atoms with E-state index in [1.807, 2.05) is 4.90 Å². The van der Waals surface area contributed by atoms with Crippen LogP contribution in [0.15, 0.2) is 18.2 Å². The van der Waals surface area contributed by atoms with Crippen LogP contribution in [0.1, 0.15) is 32.6 Å². The molecule has 1 aromatic carbocycles. The molecule has 1 aromatic rings. The molecule has 0 radical (unpaired) electrons. The highest BCUT2D eigenvalue weighted by Crippen LogP contribution is 2.27. The monoisotopic (exact) mass is 336 g/mol. The third-order valence-corrected chi connectivity index (χ3v) is 4.33. The van der Waals surface area contributed by atoms with Gasteiger partial charge in [-0.1, -0.05) is 6.92 Å². The number of likely N-dealkylation sites (tertiary alicyclic amines) is 1. The van der Waals surface area contributed by atoms with Crippen molar-refractivity contribution in [2.45, 2.75) is 38.6 Å². The zero-order valence-electron chi connectivity index (χ0n) is 14.8. The number of carbonyl (C=O) groups excluding carboxylic acids is 1. The van der Waals surface area contributed by atoms with Gasteiger partial charge in [0.05, 0.1) is 20.8 Å². The molecule has 0 bridgehead atoms. The number of nitrogens with zero attached hydrogens (tertiary/aromatic N) is 1. The van der Waals surface area contributed by atoms with E-state index in [4.69, 9.17) is 14.2 Å². The fourth-order valence-electron chi connectivity index (χ4n) is 2.99. The van der Waals surface area contributed by atoms with Crippen LogP contribution in [0.4, 0.5) is 4.79 Å². The second kappa shape index (κ2) is 9.25. The van der Waals surface area contributed by atoms with Crippen molar-refractivity contribution in [3.63, 3.8) is 0 Å². The van der Waals surface area contributed by atoms with Gasteiger partial charge in [-0.3, -0.25) is 0 Å². The minimum atomic E-state index is 0.00775. The van der Waals surface area contributed by atoms with Gasteiger partial charge in [-0.05, 0) is 25.7 Å². The molecule has 1 atom stereocenters. The van der Waals surface area contributed by atoms with Gasteiger partial charge >= 0.3 is 6.03 Å². The highest BCUT2D eigenvalue weighted by molar-refractivity contribution is 5.74. The van der Waals surface area contributed by atoms with Gasteiger partial charge in [-0.15, -0.1) is 0 Å². The van der Waals surface area contributed by atoms with Crippen molar-refractivity contribution in [2.75, 3.05) is 33.9 Å². The number of hydrogen-bond donors (Lipinski definition) is 1. The first-order valence-corrected chi connectivity index (χ1v) is 8.58. The van der Waals surface area contributed by atoms with Gasteiger partial charge < -0.3 is 24.4 Å². The maximum Gasteiger partial charge on any atom is 0.317 e. The lowest BCUT2D eigenvalue weighted by Crippen LogP contribution is -2.49. The molecule has 1 N–H and O–H groups in total. The topological polar surface area (TPSA) is 60.0 Å². The van der Waals surface area contributed by atoms with Crippen LogP contribution in [0.3, 0.4) is 0 Å². The van der Waals surface area contributed by atoms with Gasteiger partial charge in [-0.25, -0.2) is 4.79 Å². The Morgan fingerprint density at radius 2 is 1.83 bits per heavy atom. The minimum absolute atomic E-state index is 0.00775. The standard InChI is InChI=1S/C18H28N2O4/c1-4-14-7-5-6-9-20(14)18(21)19-8-10-24-17-12-15(22-2)11-16(13-17)23-3/h11-14H,4-10H2,1-3H3,(H,19,21). The Hall–Kier alpha value is -2.11. The lowest BCUT2D eigenvalue weighted by Gasteiger charge is -2.35. The third kappa shape index (κ3) is 4.94. The van der Waals surface area contributed by atoms with E-state index in [1.54, 1.807) is 32.4 Å². The van der Waals surface area contributed by atoms with E-state index in [9.17, 15) is 4.79 Å². The van der Waals surface area contributed by atoms with E-state index in [1.165, 1.54) is 6.42 Å². The van der Waals surface area contributed by atoms with Gasteiger partial charge in [0.2, 0.25) is 0 Å². The third-order valence-electron chi connectivity index (χ3n) is 4.33. The summed E-state index contributed by atoms with van der Waals surface area (Å²) in [6, 6.07) is 5.75. The van der Waals surface area contributed by atoms with Crippen molar-refractivity contribution in [3.8, 4) is 17.2 Å². The molecule has 1 saturated heterocycles. The number of hydrogen-bond acceptors (Lipinski definition) is 4. The number of nitrogens with one attached hydrogen (secondary N) is 1. The number of piperidine rings is 1. The fraction of sp³-hybridized carbons (Fsp3) is 0.611. The van der Waals surface area contributed by atoms with E-state index < -0.39 is 0 Å². The van der Waals surface area contributed by atoms with Crippen LogP contribution >= 0.6 is 0 Å². The molecular formula is C18H28N2O4. The molecule has 6 heteroatoms. The Labute approximate surface area is 144 Å². The van der Waals surface area contributed by atoms with Gasteiger partial charge in [0.15, 0.2) is 0 Å². The van der Waals surface area contributed by atoms with Crippen LogP contribution in [0.25, 0.3) is 0 Å². The highest BCUT2D eigenvalue weighted by atomic mass is 16.5. The number of benzene rings is 1. The molecule has 0 aromatic heterocycles. The maximum absolute atomic E-state index is 12.3. The lowest BCUT2D eigenvalue weighted by molar-refractivity contribution is 0.147. The second-order valence-electron chi connectivity index (χ2n) is 5.88. The van der Waals surface area contributed by atoms with Crippen molar-refractivity contribution in [1.82, 2.24) is 10.2 Å². The zero-order chi connectivity index (χ0) is 17.4. The first-order valence-electron chi connectivity index (χ1n) is 8.58. The summed E-state index contributed by atoms with van der Waals surface area (Å²) in [5.41, 5.74) is 0. The van der Waals surface area contributed by atoms with Crippen molar-refractivity contribution in [2.24, 2.45) is 0 Å². The highest BCUT2D eigenvalue weighted by Gasteiger charge is 2.24. The number of rotatable bonds is 7. The summed E-state index contributed by atoms with van der Waals surface area (Å²) in [6.07, 6.45) is 4.41. The van der Waals surface area contributed by atoms with Crippen molar-refractivity contribution in [1.29, 1.82) is 0 Å². The van der Waals surface area contributed by atoms with E-state index in [0.29, 0.717) is 36.4 Å². The number of urea groups is 1. The average molecular weight is 336 g/mol. The quantitative estimate of drug-likeness (QED) is 0.778. The molecule has 24 heavy (non-hydrogen) atoms. The molecule has 0 spiro atoms. The minimum Gasteiger partial charge on any atom is -0.496 e. The van der Waals surface area contributed by atoms with Gasteiger partial charge in [-0.2, -0.15) is 0 Å². The molecule has 1 aliphatic rings. The van der Waals surface area contributed by atoms with E-state index >= 15 is 0 Å². The Morgan fingerprint density at radius 3 is 2.46 bits per heavy atom. The molecule has 1 heterocycles. The van der Waals surface area contributed by atoms with Crippen molar-refractivity contribution in [3.05, 3.63) is 18.2 Å². The van der Waals surface area contributed by atoms with Crippen LogP contribution in [-0.2, 0) is 0 Å².